The molecule has 0 spiro atoms. The lowest BCUT2D eigenvalue weighted by Gasteiger charge is -2.26. The number of pyridine rings is 1. The fourth-order valence-electron chi connectivity index (χ4n) is 1.64. The lowest BCUT2D eigenvalue weighted by atomic mass is 10.3. The number of aromatic nitrogens is 1. The normalized spacial score (nSPS) is 11.8. The molecular formula is C15H21NO5S. The Labute approximate surface area is 131 Å². The number of ether oxygens (including phenoxy) is 3. The Kier molecular flexibility index (Phi) is 6.97. The van der Waals surface area contributed by atoms with E-state index >= 15 is 0 Å². The van der Waals surface area contributed by atoms with E-state index in [1.165, 1.54) is 18.5 Å². The van der Waals surface area contributed by atoms with Crippen molar-refractivity contribution in [3.8, 4) is 11.8 Å². The first-order valence-electron chi connectivity index (χ1n) is 6.97. The van der Waals surface area contributed by atoms with E-state index in [0.29, 0.717) is 25.4 Å². The van der Waals surface area contributed by atoms with E-state index in [-0.39, 0.29) is 4.90 Å². The maximum atomic E-state index is 11.5. The maximum absolute atomic E-state index is 11.5. The summed E-state index contributed by atoms with van der Waals surface area (Å²) < 4.78 is 39.5. The van der Waals surface area contributed by atoms with Gasteiger partial charge in [0.2, 0.25) is 0 Å². The van der Waals surface area contributed by atoms with Gasteiger partial charge in [-0.15, -0.1) is 0 Å². The van der Waals surface area contributed by atoms with Crippen molar-refractivity contribution < 1.29 is 22.6 Å². The summed E-state index contributed by atoms with van der Waals surface area (Å²) in [5.74, 6) is 4.12. The standard InChI is InChI=1S/C15H21NO5S/c1-5-19-15(20-6-2,21-7-3)9-8-13-10-14(12-16-11-13)22(4,17)18/h10-12H,5-7H2,1-4H3. The van der Waals surface area contributed by atoms with Crippen LogP contribution in [-0.2, 0) is 24.0 Å². The first-order valence-corrected chi connectivity index (χ1v) is 8.86. The molecule has 22 heavy (non-hydrogen) atoms. The summed E-state index contributed by atoms with van der Waals surface area (Å²) in [7, 11) is -3.33. The van der Waals surface area contributed by atoms with E-state index in [9.17, 15) is 8.42 Å². The molecule has 0 fully saturated rings. The van der Waals surface area contributed by atoms with Gasteiger partial charge in [-0.25, -0.2) is 8.42 Å². The van der Waals surface area contributed by atoms with Crippen LogP contribution >= 0.6 is 0 Å². The molecule has 1 aromatic heterocycles. The van der Waals surface area contributed by atoms with Crippen molar-refractivity contribution in [3.05, 3.63) is 24.0 Å². The van der Waals surface area contributed by atoms with E-state index in [1.807, 2.05) is 0 Å². The van der Waals surface area contributed by atoms with Crippen molar-refractivity contribution >= 4 is 9.84 Å². The molecule has 0 aromatic carbocycles. The molecule has 1 heterocycles. The number of rotatable bonds is 7. The topological polar surface area (TPSA) is 74.7 Å². The second-order valence-electron chi connectivity index (χ2n) is 4.29. The molecule has 0 amide bonds. The zero-order valence-electron chi connectivity index (χ0n) is 13.3. The summed E-state index contributed by atoms with van der Waals surface area (Å²) in [6, 6.07) is 1.45. The molecule has 0 atom stereocenters. The first kappa shape index (κ1) is 18.6. The molecule has 0 saturated carbocycles. The molecule has 0 bridgehead atoms. The van der Waals surface area contributed by atoms with Gasteiger partial charge in [0.1, 0.15) is 0 Å². The van der Waals surface area contributed by atoms with Crippen molar-refractivity contribution in [1.82, 2.24) is 4.98 Å². The summed E-state index contributed by atoms with van der Waals surface area (Å²) in [5, 5.41) is 0. The Balaban J connectivity index is 3.16. The highest BCUT2D eigenvalue weighted by Gasteiger charge is 2.30. The third-order valence-electron chi connectivity index (χ3n) is 2.50. The fraction of sp³-hybridized carbons (Fsp3) is 0.533. The fourth-order valence-corrected chi connectivity index (χ4v) is 2.24. The van der Waals surface area contributed by atoms with Crippen LogP contribution in [0.2, 0.25) is 0 Å². The molecule has 0 aliphatic carbocycles. The molecule has 0 N–H and O–H groups in total. The molecule has 7 heteroatoms. The van der Waals surface area contributed by atoms with Crippen molar-refractivity contribution in [1.29, 1.82) is 0 Å². The van der Waals surface area contributed by atoms with Crippen LogP contribution < -0.4 is 0 Å². The average molecular weight is 327 g/mol. The van der Waals surface area contributed by atoms with Gasteiger partial charge in [-0.3, -0.25) is 4.98 Å². The van der Waals surface area contributed by atoms with Gasteiger partial charge in [0, 0.05) is 24.2 Å². The van der Waals surface area contributed by atoms with Crippen LogP contribution in [0.1, 0.15) is 26.3 Å². The van der Waals surface area contributed by atoms with Gasteiger partial charge in [-0.05, 0) is 32.8 Å². The van der Waals surface area contributed by atoms with Crippen LogP contribution in [0.25, 0.3) is 0 Å². The second-order valence-corrected chi connectivity index (χ2v) is 6.30. The average Bonchev–Trinajstić information content (AvgIpc) is 2.45. The maximum Gasteiger partial charge on any atom is 0.353 e. The predicted octanol–water partition coefficient (Wildman–Crippen LogP) is 1.60. The predicted molar refractivity (Wildman–Crippen MR) is 81.8 cm³/mol. The Hall–Kier alpha value is -1.46. The Bertz CT molecular complexity index is 628. The van der Waals surface area contributed by atoms with E-state index in [1.54, 1.807) is 20.8 Å². The highest BCUT2D eigenvalue weighted by molar-refractivity contribution is 7.90. The molecule has 122 valence electrons. The molecule has 0 aliphatic heterocycles. The highest BCUT2D eigenvalue weighted by Crippen LogP contribution is 2.15. The zero-order valence-corrected chi connectivity index (χ0v) is 14.1. The van der Waals surface area contributed by atoms with Crippen LogP contribution in [0.3, 0.4) is 0 Å². The quantitative estimate of drug-likeness (QED) is 0.559. The highest BCUT2D eigenvalue weighted by atomic mass is 32.2. The lowest BCUT2D eigenvalue weighted by Crippen LogP contribution is -2.38. The number of nitrogens with zero attached hydrogens (tertiary/aromatic N) is 1. The van der Waals surface area contributed by atoms with Gasteiger partial charge < -0.3 is 14.2 Å². The van der Waals surface area contributed by atoms with Gasteiger partial charge in [0.05, 0.1) is 24.7 Å². The van der Waals surface area contributed by atoms with E-state index in [4.69, 9.17) is 14.2 Å². The second kappa shape index (κ2) is 8.25. The number of hydrogen-bond donors (Lipinski definition) is 0. The summed E-state index contributed by atoms with van der Waals surface area (Å²) in [6.07, 6.45) is 3.86. The van der Waals surface area contributed by atoms with Crippen LogP contribution in [0.5, 0.6) is 0 Å². The van der Waals surface area contributed by atoms with Crippen LogP contribution in [0.15, 0.2) is 23.4 Å². The number of sulfone groups is 1. The Morgan fingerprint density at radius 2 is 1.64 bits per heavy atom. The van der Waals surface area contributed by atoms with Gasteiger partial charge in [-0.2, -0.15) is 0 Å². The molecule has 0 aliphatic rings. The molecule has 6 nitrogen and oxygen atoms in total. The zero-order chi connectivity index (χ0) is 16.6. The van der Waals surface area contributed by atoms with Crippen molar-refractivity contribution in [3.63, 3.8) is 0 Å². The monoisotopic (exact) mass is 327 g/mol. The van der Waals surface area contributed by atoms with Crippen molar-refractivity contribution in [2.24, 2.45) is 0 Å². The van der Waals surface area contributed by atoms with E-state index < -0.39 is 15.8 Å². The summed E-state index contributed by atoms with van der Waals surface area (Å²) in [6.45, 7) is 6.49. The minimum absolute atomic E-state index is 0.106. The smallest absolute Gasteiger partial charge is 0.317 e. The van der Waals surface area contributed by atoms with Gasteiger partial charge in [0.25, 0.3) is 0 Å². The minimum Gasteiger partial charge on any atom is -0.317 e. The Morgan fingerprint density at radius 3 is 2.09 bits per heavy atom. The first-order chi connectivity index (χ1) is 10.4. The largest absolute Gasteiger partial charge is 0.353 e. The van der Waals surface area contributed by atoms with Crippen LogP contribution in [0, 0.1) is 11.8 Å². The van der Waals surface area contributed by atoms with Gasteiger partial charge in [0.15, 0.2) is 9.84 Å². The minimum atomic E-state index is -3.33. The molecule has 0 radical (unpaired) electrons. The van der Waals surface area contributed by atoms with Gasteiger partial charge >= 0.3 is 5.97 Å². The van der Waals surface area contributed by atoms with Gasteiger partial charge in [-0.1, -0.05) is 5.92 Å². The van der Waals surface area contributed by atoms with Crippen LogP contribution in [0.4, 0.5) is 0 Å². The summed E-state index contributed by atoms with van der Waals surface area (Å²) in [4.78, 5) is 3.99. The van der Waals surface area contributed by atoms with E-state index in [2.05, 4.69) is 16.8 Å². The molecule has 0 unspecified atom stereocenters. The summed E-state index contributed by atoms with van der Waals surface area (Å²) in [5.41, 5.74) is 0.436. The van der Waals surface area contributed by atoms with E-state index in [0.717, 1.165) is 6.26 Å². The van der Waals surface area contributed by atoms with Crippen molar-refractivity contribution in [2.75, 3.05) is 26.1 Å². The number of hydrogen-bond acceptors (Lipinski definition) is 6. The third kappa shape index (κ3) is 5.39. The third-order valence-corrected chi connectivity index (χ3v) is 3.58. The van der Waals surface area contributed by atoms with Crippen molar-refractivity contribution in [2.45, 2.75) is 31.6 Å². The van der Waals surface area contributed by atoms with Crippen LogP contribution in [-0.4, -0.2) is 45.5 Å². The molecule has 1 rings (SSSR count). The SMILES string of the molecule is CCOC(C#Cc1cncc(S(C)(=O)=O)c1)(OCC)OCC. The molecule has 0 saturated heterocycles. The molecular weight excluding hydrogens is 306 g/mol. The summed E-state index contributed by atoms with van der Waals surface area (Å²) >= 11 is 0. The Morgan fingerprint density at radius 1 is 1.09 bits per heavy atom. The lowest BCUT2D eigenvalue weighted by molar-refractivity contribution is -0.339. The molecule has 1 aromatic rings.